The second-order valence-electron chi connectivity index (χ2n) is 4.91. The van der Waals surface area contributed by atoms with E-state index in [-0.39, 0.29) is 22.3 Å². The van der Waals surface area contributed by atoms with E-state index in [0.29, 0.717) is 25.4 Å². The van der Waals surface area contributed by atoms with Gasteiger partial charge in [-0.3, -0.25) is 14.9 Å². The number of carbonyl (C=O) groups excluding carboxylic acids is 1. The maximum Gasteiger partial charge on any atom is 0.295 e. The lowest BCUT2D eigenvalue weighted by molar-refractivity contribution is -0.384. The first-order valence-corrected chi connectivity index (χ1v) is 7.02. The first-order valence-electron chi connectivity index (χ1n) is 6.64. The van der Waals surface area contributed by atoms with Crippen molar-refractivity contribution >= 4 is 28.9 Å². The van der Waals surface area contributed by atoms with Crippen molar-refractivity contribution in [3.8, 4) is 0 Å². The molecule has 1 aliphatic carbocycles. The second kappa shape index (κ2) is 6.71. The fourth-order valence-electron chi connectivity index (χ4n) is 1.83. The molecule has 2 N–H and O–H groups in total. The Hall–Kier alpha value is -1.89. The van der Waals surface area contributed by atoms with Crippen LogP contribution in [0.4, 0.5) is 15.8 Å². The molecule has 0 heterocycles. The minimum Gasteiger partial charge on any atom is -0.379 e. The van der Waals surface area contributed by atoms with Crippen LogP contribution in [-0.2, 0) is 4.79 Å². The monoisotopic (exact) mass is 315 g/mol. The van der Waals surface area contributed by atoms with Crippen molar-refractivity contribution in [3.05, 3.63) is 33.1 Å². The maximum atomic E-state index is 13.2. The van der Waals surface area contributed by atoms with Crippen LogP contribution in [0.15, 0.2) is 12.1 Å². The number of carbonyl (C=O) groups is 1. The quantitative estimate of drug-likeness (QED) is 0.460. The number of hydrogen-bond acceptors (Lipinski definition) is 4. The third kappa shape index (κ3) is 4.56. The molecule has 8 heteroatoms. The summed E-state index contributed by atoms with van der Waals surface area (Å²) in [6.45, 7) is 0.362. The molecule has 0 spiro atoms. The normalized spacial score (nSPS) is 13.8. The molecule has 0 aromatic heterocycles. The van der Waals surface area contributed by atoms with Crippen LogP contribution in [0, 0.1) is 15.9 Å². The van der Waals surface area contributed by atoms with Gasteiger partial charge in [0.2, 0.25) is 5.91 Å². The van der Waals surface area contributed by atoms with Gasteiger partial charge in [-0.2, -0.15) is 0 Å². The number of nitrogens with one attached hydrogen (secondary N) is 2. The highest BCUT2D eigenvalue weighted by molar-refractivity contribution is 6.31. The molecule has 114 valence electrons. The first kappa shape index (κ1) is 15.5. The Kier molecular flexibility index (Phi) is 4.95. The number of nitro benzene ring substituents is 1. The van der Waals surface area contributed by atoms with Crippen molar-refractivity contribution in [3.63, 3.8) is 0 Å². The van der Waals surface area contributed by atoms with Crippen LogP contribution in [0.2, 0.25) is 5.02 Å². The summed E-state index contributed by atoms with van der Waals surface area (Å²) in [5, 5.41) is 16.3. The lowest BCUT2D eigenvalue weighted by atomic mass is 10.2. The molecule has 1 amide bonds. The summed E-state index contributed by atoms with van der Waals surface area (Å²) in [5.41, 5.74) is -0.228. The number of benzene rings is 1. The zero-order chi connectivity index (χ0) is 15.4. The van der Waals surface area contributed by atoms with Crippen LogP contribution >= 0.6 is 11.6 Å². The van der Waals surface area contributed by atoms with Crippen LogP contribution in [0.5, 0.6) is 0 Å². The standard InChI is InChI=1S/C13H15ClFN3O3/c14-9-6-11(12(18(20)21)7-10(9)15)16-5-1-2-13(19)17-8-3-4-8/h6-8,16H,1-5H2,(H,17,19). The lowest BCUT2D eigenvalue weighted by Crippen LogP contribution is -2.25. The van der Waals surface area contributed by atoms with Gasteiger partial charge in [-0.05, 0) is 25.3 Å². The first-order chi connectivity index (χ1) is 9.97. The molecule has 0 saturated heterocycles. The van der Waals surface area contributed by atoms with E-state index in [4.69, 9.17) is 11.6 Å². The highest BCUT2D eigenvalue weighted by Gasteiger charge is 2.23. The van der Waals surface area contributed by atoms with Gasteiger partial charge in [-0.1, -0.05) is 11.6 Å². The maximum absolute atomic E-state index is 13.2. The Balaban J connectivity index is 1.85. The van der Waals surface area contributed by atoms with Gasteiger partial charge in [-0.15, -0.1) is 0 Å². The van der Waals surface area contributed by atoms with Gasteiger partial charge in [0, 0.05) is 19.0 Å². The number of hydrogen-bond donors (Lipinski definition) is 2. The Morgan fingerprint density at radius 3 is 2.81 bits per heavy atom. The molecular weight excluding hydrogens is 301 g/mol. The molecule has 1 aliphatic rings. The highest BCUT2D eigenvalue weighted by atomic mass is 35.5. The molecule has 1 aromatic carbocycles. The second-order valence-corrected chi connectivity index (χ2v) is 5.32. The summed E-state index contributed by atoms with van der Waals surface area (Å²) >= 11 is 5.62. The van der Waals surface area contributed by atoms with Crippen molar-refractivity contribution in [2.24, 2.45) is 0 Å². The summed E-state index contributed by atoms with van der Waals surface area (Å²) < 4.78 is 13.2. The minimum absolute atomic E-state index is 0.0223. The van der Waals surface area contributed by atoms with Gasteiger partial charge in [0.05, 0.1) is 16.0 Å². The van der Waals surface area contributed by atoms with E-state index in [2.05, 4.69) is 10.6 Å². The number of amides is 1. The molecule has 21 heavy (non-hydrogen) atoms. The predicted molar refractivity (Wildman–Crippen MR) is 77.0 cm³/mol. The molecular formula is C13H15ClFN3O3. The van der Waals surface area contributed by atoms with Crippen LogP contribution in [-0.4, -0.2) is 23.4 Å². The highest BCUT2D eigenvalue weighted by Crippen LogP contribution is 2.30. The molecule has 1 saturated carbocycles. The molecule has 0 aliphatic heterocycles. The molecule has 1 fully saturated rings. The van der Waals surface area contributed by atoms with Gasteiger partial charge in [0.25, 0.3) is 5.69 Å². The lowest BCUT2D eigenvalue weighted by Gasteiger charge is -2.08. The SMILES string of the molecule is O=C(CCCNc1cc(Cl)c(F)cc1[N+](=O)[O-])NC1CC1. The van der Waals surface area contributed by atoms with Crippen molar-refractivity contribution in [1.29, 1.82) is 0 Å². The van der Waals surface area contributed by atoms with Crippen molar-refractivity contribution in [2.75, 3.05) is 11.9 Å². The summed E-state index contributed by atoms with van der Waals surface area (Å²) in [5.74, 6) is -0.858. The third-order valence-corrected chi connectivity index (χ3v) is 3.36. The molecule has 1 aromatic rings. The van der Waals surface area contributed by atoms with Crippen molar-refractivity contribution < 1.29 is 14.1 Å². The Morgan fingerprint density at radius 1 is 1.48 bits per heavy atom. The van der Waals surface area contributed by atoms with Crippen molar-refractivity contribution in [2.45, 2.75) is 31.7 Å². The average Bonchev–Trinajstić information content (AvgIpc) is 3.21. The summed E-state index contributed by atoms with van der Waals surface area (Å²) in [6, 6.07) is 2.28. The largest absolute Gasteiger partial charge is 0.379 e. The Labute approximate surface area is 125 Å². The van der Waals surface area contributed by atoms with E-state index in [1.807, 2.05) is 0 Å². The smallest absolute Gasteiger partial charge is 0.295 e. The summed E-state index contributed by atoms with van der Waals surface area (Å²) in [4.78, 5) is 21.6. The van der Waals surface area contributed by atoms with Crippen LogP contribution < -0.4 is 10.6 Å². The molecule has 6 nitrogen and oxygen atoms in total. The molecule has 0 bridgehead atoms. The number of anilines is 1. The van der Waals surface area contributed by atoms with E-state index < -0.39 is 10.7 Å². The summed E-state index contributed by atoms with van der Waals surface area (Å²) in [6.07, 6.45) is 2.92. The third-order valence-electron chi connectivity index (χ3n) is 3.07. The van der Waals surface area contributed by atoms with E-state index in [0.717, 1.165) is 18.9 Å². The number of nitrogens with zero attached hydrogens (tertiary/aromatic N) is 1. The van der Waals surface area contributed by atoms with E-state index in [9.17, 15) is 19.3 Å². The van der Waals surface area contributed by atoms with Gasteiger partial charge < -0.3 is 10.6 Å². The molecule has 0 radical (unpaired) electrons. The van der Waals surface area contributed by atoms with Crippen LogP contribution in [0.25, 0.3) is 0 Å². The topological polar surface area (TPSA) is 84.3 Å². The minimum atomic E-state index is -0.835. The van der Waals surface area contributed by atoms with Gasteiger partial charge >= 0.3 is 0 Å². The Bertz CT molecular complexity index is 564. The fourth-order valence-corrected chi connectivity index (χ4v) is 1.99. The van der Waals surface area contributed by atoms with Gasteiger partial charge in [0.1, 0.15) is 11.5 Å². The molecule has 0 atom stereocenters. The number of rotatable bonds is 7. The van der Waals surface area contributed by atoms with E-state index in [1.165, 1.54) is 6.07 Å². The van der Waals surface area contributed by atoms with Crippen molar-refractivity contribution in [1.82, 2.24) is 5.32 Å². The van der Waals surface area contributed by atoms with Crippen LogP contribution in [0.1, 0.15) is 25.7 Å². The van der Waals surface area contributed by atoms with E-state index in [1.54, 1.807) is 0 Å². The van der Waals surface area contributed by atoms with Gasteiger partial charge in [-0.25, -0.2) is 4.39 Å². The number of halogens is 2. The summed E-state index contributed by atoms with van der Waals surface area (Å²) in [7, 11) is 0. The Morgan fingerprint density at radius 2 is 2.19 bits per heavy atom. The predicted octanol–water partition coefficient (Wildman–Crippen LogP) is 2.86. The fraction of sp³-hybridized carbons (Fsp3) is 0.462. The van der Waals surface area contributed by atoms with Crippen LogP contribution in [0.3, 0.4) is 0 Å². The zero-order valence-corrected chi connectivity index (χ0v) is 12.0. The zero-order valence-electron chi connectivity index (χ0n) is 11.2. The number of nitro groups is 1. The molecule has 2 rings (SSSR count). The van der Waals surface area contributed by atoms with Gasteiger partial charge in [0.15, 0.2) is 0 Å². The molecule has 0 unspecified atom stereocenters. The van der Waals surface area contributed by atoms with E-state index >= 15 is 0 Å². The average molecular weight is 316 g/mol.